The number of nitrogens with zero attached hydrogens (tertiary/aromatic N) is 2. The smallest absolute Gasteiger partial charge is 0.122 e. The molecule has 0 amide bonds. The lowest BCUT2D eigenvalue weighted by Gasteiger charge is -2.51. The van der Waals surface area contributed by atoms with Crippen LogP contribution in [0, 0.1) is 20.8 Å². The molecule has 0 radical (unpaired) electrons. The molecule has 2 heterocycles. The van der Waals surface area contributed by atoms with Gasteiger partial charge in [0.1, 0.15) is 5.75 Å². The van der Waals surface area contributed by atoms with E-state index in [2.05, 4.69) is 164 Å². The third kappa shape index (κ3) is 3.56. The average molecular weight is 571 g/mol. The number of benzene rings is 6. The molecule has 8 rings (SSSR count). The normalized spacial score (nSPS) is 16.2. The van der Waals surface area contributed by atoms with Crippen molar-refractivity contribution in [3.05, 3.63) is 172 Å². The Bertz CT molecular complexity index is 2010. The number of anilines is 6. The molecule has 1 spiro atoms. The summed E-state index contributed by atoms with van der Waals surface area (Å²) < 4.78 is 6.05. The summed E-state index contributed by atoms with van der Waals surface area (Å²) in [5.74, 6) is 0.892. The lowest BCUT2D eigenvalue weighted by atomic mass is 9.59. The Labute approximate surface area is 259 Å². The summed E-state index contributed by atoms with van der Waals surface area (Å²) in [5, 5.41) is 0. The van der Waals surface area contributed by atoms with Gasteiger partial charge in [-0.2, -0.15) is 0 Å². The fraction of sp³-hybridized carbons (Fsp3) is 0.122. The first-order valence-electron chi connectivity index (χ1n) is 15.2. The van der Waals surface area contributed by atoms with Crippen molar-refractivity contribution in [2.45, 2.75) is 26.2 Å². The van der Waals surface area contributed by atoms with Crippen LogP contribution in [0.5, 0.6) is 5.75 Å². The standard InChI is InChI=1S/C41H34N2O/c1-27-23-34-38(24-28(27)2)42(30-15-7-5-8-16-30)36-21-13-11-19-32(36)41(34)33-20-12-14-22-37(33)43(31-17-9-6-10-18-31)39-25-29(3)40(44-4)26-35(39)41/h5-26H,1-4H3. The fourth-order valence-corrected chi connectivity index (χ4v) is 7.48. The second-order valence-electron chi connectivity index (χ2n) is 11.9. The average Bonchev–Trinajstić information content (AvgIpc) is 3.06. The number of para-hydroxylation sites is 4. The number of rotatable bonds is 3. The van der Waals surface area contributed by atoms with E-state index in [1.807, 2.05) is 0 Å². The molecule has 6 aromatic rings. The minimum Gasteiger partial charge on any atom is -0.496 e. The Morgan fingerprint density at radius 1 is 0.432 bits per heavy atom. The molecule has 3 nitrogen and oxygen atoms in total. The molecule has 0 fully saturated rings. The summed E-state index contributed by atoms with van der Waals surface area (Å²) in [6.45, 7) is 6.60. The minimum atomic E-state index is -0.589. The van der Waals surface area contributed by atoms with E-state index < -0.39 is 5.41 Å². The first kappa shape index (κ1) is 26.4. The van der Waals surface area contributed by atoms with Crippen molar-refractivity contribution in [3.8, 4) is 5.75 Å². The molecular weight excluding hydrogens is 536 g/mol. The molecule has 0 aliphatic carbocycles. The van der Waals surface area contributed by atoms with Crippen molar-refractivity contribution in [1.82, 2.24) is 0 Å². The maximum atomic E-state index is 6.05. The van der Waals surface area contributed by atoms with Crippen LogP contribution in [0.3, 0.4) is 0 Å². The molecular formula is C41H34N2O. The number of hydrogen-bond acceptors (Lipinski definition) is 3. The largest absolute Gasteiger partial charge is 0.496 e. The Morgan fingerprint density at radius 3 is 1.39 bits per heavy atom. The molecule has 0 bridgehead atoms. The van der Waals surface area contributed by atoms with Crippen LogP contribution in [0.1, 0.15) is 38.9 Å². The third-order valence-electron chi connectivity index (χ3n) is 9.54. The van der Waals surface area contributed by atoms with Crippen LogP contribution in [-0.2, 0) is 5.41 Å². The van der Waals surface area contributed by atoms with Crippen molar-refractivity contribution < 1.29 is 4.74 Å². The predicted octanol–water partition coefficient (Wildman–Crippen LogP) is 10.6. The van der Waals surface area contributed by atoms with E-state index in [-0.39, 0.29) is 0 Å². The van der Waals surface area contributed by atoms with E-state index in [0.29, 0.717) is 0 Å². The highest BCUT2D eigenvalue weighted by Crippen LogP contribution is 2.64. The summed E-state index contributed by atoms with van der Waals surface area (Å²) in [6, 6.07) is 48.8. The topological polar surface area (TPSA) is 15.7 Å². The number of methoxy groups -OCH3 is 1. The highest BCUT2D eigenvalue weighted by atomic mass is 16.5. The number of aryl methyl sites for hydroxylation is 3. The van der Waals surface area contributed by atoms with Crippen molar-refractivity contribution in [1.29, 1.82) is 0 Å². The van der Waals surface area contributed by atoms with E-state index in [4.69, 9.17) is 4.74 Å². The van der Waals surface area contributed by atoms with Gasteiger partial charge in [0.25, 0.3) is 0 Å². The highest BCUT2D eigenvalue weighted by Gasteiger charge is 2.52. The summed E-state index contributed by atoms with van der Waals surface area (Å²) in [5.41, 5.74) is 15.1. The maximum Gasteiger partial charge on any atom is 0.122 e. The molecule has 44 heavy (non-hydrogen) atoms. The van der Waals surface area contributed by atoms with Crippen LogP contribution in [0.4, 0.5) is 34.1 Å². The lowest BCUT2D eigenvalue weighted by Crippen LogP contribution is -2.42. The molecule has 3 heteroatoms. The van der Waals surface area contributed by atoms with Gasteiger partial charge in [-0.3, -0.25) is 0 Å². The van der Waals surface area contributed by atoms with Gasteiger partial charge >= 0.3 is 0 Å². The zero-order valence-corrected chi connectivity index (χ0v) is 25.5. The molecule has 0 aromatic heterocycles. The van der Waals surface area contributed by atoms with Crippen molar-refractivity contribution >= 4 is 34.1 Å². The second-order valence-corrected chi connectivity index (χ2v) is 11.9. The van der Waals surface area contributed by atoms with Gasteiger partial charge in [-0.1, -0.05) is 78.9 Å². The molecule has 0 saturated carbocycles. The van der Waals surface area contributed by atoms with E-state index in [1.54, 1.807) is 7.11 Å². The zero-order valence-electron chi connectivity index (χ0n) is 25.5. The molecule has 1 atom stereocenters. The molecule has 0 N–H and O–H groups in total. The van der Waals surface area contributed by atoms with Gasteiger partial charge in [-0.25, -0.2) is 0 Å². The summed E-state index contributed by atoms with van der Waals surface area (Å²) in [7, 11) is 1.78. The van der Waals surface area contributed by atoms with E-state index >= 15 is 0 Å². The minimum absolute atomic E-state index is 0.589. The second kappa shape index (κ2) is 9.89. The van der Waals surface area contributed by atoms with E-state index in [1.165, 1.54) is 56.1 Å². The van der Waals surface area contributed by atoms with E-state index in [0.717, 1.165) is 22.7 Å². The number of fused-ring (bicyclic) bond motifs is 8. The fourth-order valence-electron chi connectivity index (χ4n) is 7.48. The van der Waals surface area contributed by atoms with Crippen LogP contribution >= 0.6 is 0 Å². The van der Waals surface area contributed by atoms with Crippen LogP contribution in [0.25, 0.3) is 0 Å². The van der Waals surface area contributed by atoms with Gasteiger partial charge < -0.3 is 14.5 Å². The third-order valence-corrected chi connectivity index (χ3v) is 9.54. The molecule has 2 aliphatic rings. The van der Waals surface area contributed by atoms with Crippen molar-refractivity contribution in [3.63, 3.8) is 0 Å². The van der Waals surface area contributed by atoms with Crippen LogP contribution in [-0.4, -0.2) is 7.11 Å². The predicted molar refractivity (Wildman–Crippen MR) is 182 cm³/mol. The zero-order chi connectivity index (χ0) is 30.0. The van der Waals surface area contributed by atoms with Crippen molar-refractivity contribution in [2.24, 2.45) is 0 Å². The Morgan fingerprint density at radius 2 is 0.864 bits per heavy atom. The summed E-state index contributed by atoms with van der Waals surface area (Å²) >= 11 is 0. The van der Waals surface area contributed by atoms with E-state index in [9.17, 15) is 0 Å². The van der Waals surface area contributed by atoms with Gasteiger partial charge in [-0.15, -0.1) is 0 Å². The van der Waals surface area contributed by atoms with Gasteiger partial charge in [0, 0.05) is 11.4 Å². The monoisotopic (exact) mass is 570 g/mol. The van der Waals surface area contributed by atoms with Crippen molar-refractivity contribution in [2.75, 3.05) is 16.9 Å². The Hall–Kier alpha value is -5.28. The van der Waals surface area contributed by atoms with Crippen LogP contribution < -0.4 is 14.5 Å². The molecule has 2 aliphatic heterocycles. The van der Waals surface area contributed by atoms with Gasteiger partial charge in [0.2, 0.25) is 0 Å². The van der Waals surface area contributed by atoms with Crippen LogP contribution in [0.15, 0.2) is 133 Å². The Kier molecular flexibility index (Phi) is 5.92. The summed E-state index contributed by atoms with van der Waals surface area (Å²) in [4.78, 5) is 4.87. The SMILES string of the molecule is COc1cc2c(cc1C)N(c1ccccc1)c1ccccc1C21c2ccccc2N(c2ccccc2)c2cc(C)c(C)cc21. The van der Waals surface area contributed by atoms with Gasteiger partial charge in [0.05, 0.1) is 35.3 Å². The quantitative estimate of drug-likeness (QED) is 0.210. The molecule has 6 aromatic carbocycles. The van der Waals surface area contributed by atoms with Gasteiger partial charge in [0.15, 0.2) is 0 Å². The lowest BCUT2D eigenvalue weighted by molar-refractivity contribution is 0.410. The Balaban J connectivity index is 1.58. The highest BCUT2D eigenvalue weighted by molar-refractivity contribution is 5.97. The van der Waals surface area contributed by atoms with Crippen LogP contribution in [0.2, 0.25) is 0 Å². The first-order chi connectivity index (χ1) is 21.5. The van der Waals surface area contributed by atoms with Gasteiger partial charge in [-0.05, 0) is 114 Å². The molecule has 1 unspecified atom stereocenters. The maximum absolute atomic E-state index is 6.05. The summed E-state index contributed by atoms with van der Waals surface area (Å²) in [6.07, 6.45) is 0. The molecule has 0 saturated heterocycles. The number of ether oxygens (including phenoxy) is 1. The first-order valence-corrected chi connectivity index (χ1v) is 15.2. The molecule has 214 valence electrons. The number of hydrogen-bond donors (Lipinski definition) is 0.